The Balaban J connectivity index is 1.47. The van der Waals surface area contributed by atoms with E-state index in [9.17, 15) is 9.90 Å². The normalized spacial score (nSPS) is 22.9. The van der Waals surface area contributed by atoms with Crippen molar-refractivity contribution in [2.24, 2.45) is 5.92 Å². The summed E-state index contributed by atoms with van der Waals surface area (Å²) < 4.78 is 5.05. The maximum atomic E-state index is 12.3. The number of carbonyl (C=O) groups is 1. The highest BCUT2D eigenvalue weighted by Crippen LogP contribution is 2.25. The standard InChI is InChI=1S/C19H29N3O3/c1-21-8-6-15(7-9-21)22-10-5-14(13-22)12-20-19(24)17-4-3-16(25-2)11-18(17)23/h3-4,11,14-15,23H,5-10,12-13H2,1-2H3,(H,20,24)/t14-/m1/s1. The molecule has 2 aliphatic rings. The Kier molecular flexibility index (Phi) is 5.81. The van der Waals surface area contributed by atoms with Gasteiger partial charge in [0.15, 0.2) is 0 Å². The van der Waals surface area contributed by atoms with Crippen LogP contribution in [0.1, 0.15) is 29.6 Å². The van der Waals surface area contributed by atoms with Crippen LogP contribution >= 0.6 is 0 Å². The first kappa shape index (κ1) is 18.0. The maximum absolute atomic E-state index is 12.3. The lowest BCUT2D eigenvalue weighted by Gasteiger charge is -2.35. The number of phenolic OH excluding ortho intramolecular Hbond substituents is 1. The van der Waals surface area contributed by atoms with Crippen molar-refractivity contribution < 1.29 is 14.6 Å². The molecule has 138 valence electrons. The number of hydrogen-bond donors (Lipinski definition) is 2. The van der Waals surface area contributed by atoms with E-state index in [-0.39, 0.29) is 11.7 Å². The molecule has 2 N–H and O–H groups in total. The molecule has 1 aromatic rings. The monoisotopic (exact) mass is 347 g/mol. The number of phenols is 1. The average Bonchev–Trinajstić information content (AvgIpc) is 3.09. The molecular weight excluding hydrogens is 318 g/mol. The van der Waals surface area contributed by atoms with E-state index in [0.29, 0.717) is 29.8 Å². The summed E-state index contributed by atoms with van der Waals surface area (Å²) in [5, 5.41) is 12.9. The number of methoxy groups -OCH3 is 1. The van der Waals surface area contributed by atoms with Gasteiger partial charge in [0.25, 0.3) is 5.91 Å². The topological polar surface area (TPSA) is 65.0 Å². The molecule has 2 saturated heterocycles. The van der Waals surface area contributed by atoms with Crippen LogP contribution in [0, 0.1) is 5.92 Å². The second-order valence-electron chi connectivity index (χ2n) is 7.28. The summed E-state index contributed by atoms with van der Waals surface area (Å²) >= 11 is 0. The van der Waals surface area contributed by atoms with E-state index >= 15 is 0 Å². The molecule has 6 heteroatoms. The highest BCUT2D eigenvalue weighted by atomic mass is 16.5. The highest BCUT2D eigenvalue weighted by Gasteiger charge is 2.30. The summed E-state index contributed by atoms with van der Waals surface area (Å²) in [4.78, 5) is 17.3. The third-order valence-corrected chi connectivity index (χ3v) is 5.52. The molecule has 2 aliphatic heterocycles. The first-order valence-corrected chi connectivity index (χ1v) is 9.14. The SMILES string of the molecule is COc1ccc(C(=O)NC[C@H]2CCN(C3CCN(C)CC3)C2)c(O)c1. The Morgan fingerprint density at radius 1 is 1.28 bits per heavy atom. The predicted octanol–water partition coefficient (Wildman–Crippen LogP) is 1.55. The van der Waals surface area contributed by atoms with Crippen LogP contribution < -0.4 is 10.1 Å². The van der Waals surface area contributed by atoms with E-state index in [1.165, 1.54) is 39.1 Å². The molecule has 0 aliphatic carbocycles. The summed E-state index contributed by atoms with van der Waals surface area (Å²) in [6.07, 6.45) is 3.62. The largest absolute Gasteiger partial charge is 0.507 e. The molecule has 0 radical (unpaired) electrons. The number of rotatable bonds is 5. The van der Waals surface area contributed by atoms with E-state index in [1.807, 2.05) is 0 Å². The maximum Gasteiger partial charge on any atom is 0.255 e. The van der Waals surface area contributed by atoms with Crippen LogP contribution in [-0.4, -0.2) is 73.7 Å². The van der Waals surface area contributed by atoms with Crippen molar-refractivity contribution in [1.82, 2.24) is 15.1 Å². The zero-order chi connectivity index (χ0) is 17.8. The fourth-order valence-corrected chi connectivity index (χ4v) is 3.88. The van der Waals surface area contributed by atoms with E-state index in [0.717, 1.165) is 19.5 Å². The van der Waals surface area contributed by atoms with Gasteiger partial charge in [0, 0.05) is 25.2 Å². The molecule has 0 saturated carbocycles. The van der Waals surface area contributed by atoms with Gasteiger partial charge in [0.05, 0.1) is 12.7 Å². The molecule has 0 bridgehead atoms. The van der Waals surface area contributed by atoms with Crippen molar-refractivity contribution in [3.05, 3.63) is 23.8 Å². The molecule has 1 aromatic carbocycles. The number of piperidine rings is 1. The van der Waals surface area contributed by atoms with Crippen LogP contribution in [0.4, 0.5) is 0 Å². The Morgan fingerprint density at radius 3 is 2.72 bits per heavy atom. The average molecular weight is 347 g/mol. The lowest BCUT2D eigenvalue weighted by atomic mass is 10.0. The quantitative estimate of drug-likeness (QED) is 0.846. The predicted molar refractivity (Wildman–Crippen MR) is 97.2 cm³/mol. The van der Waals surface area contributed by atoms with Gasteiger partial charge in [-0.3, -0.25) is 9.69 Å². The number of ether oxygens (including phenoxy) is 1. The number of likely N-dealkylation sites (tertiary alicyclic amines) is 2. The van der Waals surface area contributed by atoms with Gasteiger partial charge >= 0.3 is 0 Å². The molecular formula is C19H29N3O3. The van der Waals surface area contributed by atoms with Gasteiger partial charge in [-0.05, 0) is 64.0 Å². The Morgan fingerprint density at radius 2 is 2.04 bits per heavy atom. The smallest absolute Gasteiger partial charge is 0.255 e. The number of nitrogens with one attached hydrogen (secondary N) is 1. The van der Waals surface area contributed by atoms with E-state index < -0.39 is 0 Å². The number of hydrogen-bond acceptors (Lipinski definition) is 5. The fourth-order valence-electron chi connectivity index (χ4n) is 3.88. The molecule has 2 heterocycles. The molecule has 3 rings (SSSR count). The molecule has 1 atom stereocenters. The van der Waals surface area contributed by atoms with Crippen molar-refractivity contribution in [3.63, 3.8) is 0 Å². The number of carbonyl (C=O) groups excluding carboxylic acids is 1. The van der Waals surface area contributed by atoms with Crippen LogP contribution in [-0.2, 0) is 0 Å². The number of nitrogens with zero attached hydrogens (tertiary/aromatic N) is 2. The molecule has 2 fully saturated rings. The lowest BCUT2D eigenvalue weighted by Crippen LogP contribution is -2.43. The second kappa shape index (κ2) is 8.06. The van der Waals surface area contributed by atoms with Crippen LogP contribution in [0.3, 0.4) is 0 Å². The third-order valence-electron chi connectivity index (χ3n) is 5.52. The van der Waals surface area contributed by atoms with Crippen LogP contribution in [0.2, 0.25) is 0 Å². The minimum atomic E-state index is -0.224. The van der Waals surface area contributed by atoms with Gasteiger partial charge in [-0.1, -0.05) is 0 Å². The number of amides is 1. The number of benzene rings is 1. The van der Waals surface area contributed by atoms with Gasteiger partial charge in [0.1, 0.15) is 11.5 Å². The van der Waals surface area contributed by atoms with Crippen molar-refractivity contribution in [2.75, 3.05) is 46.9 Å². The molecule has 0 unspecified atom stereocenters. The van der Waals surface area contributed by atoms with E-state index in [1.54, 1.807) is 12.1 Å². The van der Waals surface area contributed by atoms with Crippen LogP contribution in [0.25, 0.3) is 0 Å². The van der Waals surface area contributed by atoms with E-state index in [4.69, 9.17) is 4.74 Å². The molecule has 6 nitrogen and oxygen atoms in total. The van der Waals surface area contributed by atoms with Gasteiger partial charge in [-0.15, -0.1) is 0 Å². The first-order chi connectivity index (χ1) is 12.1. The Bertz CT molecular complexity index is 600. The number of aromatic hydroxyl groups is 1. The minimum absolute atomic E-state index is 0.0452. The molecule has 0 aromatic heterocycles. The Hall–Kier alpha value is -1.79. The van der Waals surface area contributed by atoms with Gasteiger partial charge < -0.3 is 20.1 Å². The van der Waals surface area contributed by atoms with Crippen molar-refractivity contribution in [3.8, 4) is 11.5 Å². The summed E-state index contributed by atoms with van der Waals surface area (Å²) in [5.41, 5.74) is 0.297. The second-order valence-corrected chi connectivity index (χ2v) is 7.28. The van der Waals surface area contributed by atoms with Gasteiger partial charge in [0.2, 0.25) is 0 Å². The molecule has 1 amide bonds. The zero-order valence-electron chi connectivity index (χ0n) is 15.2. The summed E-state index contributed by atoms with van der Waals surface area (Å²) in [5.74, 6) is 0.761. The van der Waals surface area contributed by atoms with E-state index in [2.05, 4.69) is 22.2 Å². The van der Waals surface area contributed by atoms with Crippen molar-refractivity contribution >= 4 is 5.91 Å². The van der Waals surface area contributed by atoms with Crippen molar-refractivity contribution in [2.45, 2.75) is 25.3 Å². The fraction of sp³-hybridized carbons (Fsp3) is 0.632. The van der Waals surface area contributed by atoms with Crippen molar-refractivity contribution in [1.29, 1.82) is 0 Å². The van der Waals surface area contributed by atoms with Gasteiger partial charge in [-0.2, -0.15) is 0 Å². The zero-order valence-corrected chi connectivity index (χ0v) is 15.2. The Labute approximate surface area is 149 Å². The van der Waals surface area contributed by atoms with Gasteiger partial charge in [-0.25, -0.2) is 0 Å². The molecule has 0 spiro atoms. The molecule has 25 heavy (non-hydrogen) atoms. The summed E-state index contributed by atoms with van der Waals surface area (Å²) in [6, 6.07) is 5.45. The first-order valence-electron chi connectivity index (χ1n) is 9.14. The summed E-state index contributed by atoms with van der Waals surface area (Å²) in [6.45, 7) is 5.21. The highest BCUT2D eigenvalue weighted by molar-refractivity contribution is 5.97. The van der Waals surface area contributed by atoms with Crippen LogP contribution in [0.15, 0.2) is 18.2 Å². The minimum Gasteiger partial charge on any atom is -0.507 e. The third kappa shape index (κ3) is 4.44. The lowest BCUT2D eigenvalue weighted by molar-refractivity contribution is 0.0942. The van der Waals surface area contributed by atoms with Crippen LogP contribution in [0.5, 0.6) is 11.5 Å². The summed E-state index contributed by atoms with van der Waals surface area (Å²) in [7, 11) is 3.72.